The zero-order valence-corrected chi connectivity index (χ0v) is 15.6. The molecule has 0 aliphatic heterocycles. The molecule has 0 saturated carbocycles. The fourth-order valence-corrected chi connectivity index (χ4v) is 3.31. The van der Waals surface area contributed by atoms with Crippen molar-refractivity contribution in [2.45, 2.75) is 13.0 Å². The van der Waals surface area contributed by atoms with Gasteiger partial charge in [-0.2, -0.15) is 0 Å². The summed E-state index contributed by atoms with van der Waals surface area (Å²) in [7, 11) is 1.64. The number of benzene rings is 2. The van der Waals surface area contributed by atoms with E-state index >= 15 is 0 Å². The Balaban J connectivity index is 1.54. The van der Waals surface area contributed by atoms with Gasteiger partial charge in [0.1, 0.15) is 11.8 Å². The molecule has 6 heteroatoms. The van der Waals surface area contributed by atoms with E-state index in [0.717, 1.165) is 17.0 Å². The Morgan fingerprint density at radius 2 is 1.92 bits per heavy atom. The zero-order chi connectivity index (χ0) is 18.4. The number of ether oxygens (including phenoxy) is 1. The number of carbonyl (C=O) groups is 1. The quantitative estimate of drug-likeness (QED) is 0.673. The Morgan fingerprint density at radius 1 is 1.19 bits per heavy atom. The molecule has 0 fully saturated rings. The monoisotopic (exact) mass is 368 g/mol. The average molecular weight is 368 g/mol. The predicted molar refractivity (Wildman–Crippen MR) is 104 cm³/mol. The van der Waals surface area contributed by atoms with Crippen LogP contribution in [0.1, 0.15) is 18.5 Å². The SMILES string of the molecule is COc1ccc(-c2csc(NC(=O)C[NH2+][C@@H](C)c3ccccc3)n2)cc1. The molecule has 0 aliphatic rings. The highest BCUT2D eigenvalue weighted by Crippen LogP contribution is 2.26. The first-order valence-corrected chi connectivity index (χ1v) is 9.32. The maximum absolute atomic E-state index is 12.2. The van der Waals surface area contributed by atoms with E-state index in [9.17, 15) is 4.79 Å². The van der Waals surface area contributed by atoms with Gasteiger partial charge in [0.25, 0.3) is 5.91 Å². The smallest absolute Gasteiger partial charge is 0.281 e. The molecule has 26 heavy (non-hydrogen) atoms. The van der Waals surface area contributed by atoms with Crippen molar-refractivity contribution in [2.24, 2.45) is 0 Å². The summed E-state index contributed by atoms with van der Waals surface area (Å²) < 4.78 is 5.16. The number of methoxy groups -OCH3 is 1. The Kier molecular flexibility index (Phi) is 5.99. The van der Waals surface area contributed by atoms with E-state index in [1.54, 1.807) is 7.11 Å². The maximum atomic E-state index is 12.2. The molecule has 5 nitrogen and oxygen atoms in total. The number of thiazole rings is 1. The van der Waals surface area contributed by atoms with Gasteiger partial charge >= 0.3 is 0 Å². The number of hydrogen-bond acceptors (Lipinski definition) is 4. The van der Waals surface area contributed by atoms with Crippen LogP contribution in [0.3, 0.4) is 0 Å². The number of hydrogen-bond donors (Lipinski definition) is 2. The lowest BCUT2D eigenvalue weighted by atomic mass is 10.1. The van der Waals surface area contributed by atoms with Crippen LogP contribution in [-0.4, -0.2) is 24.5 Å². The number of anilines is 1. The summed E-state index contributed by atoms with van der Waals surface area (Å²) in [6.07, 6.45) is 0. The topological polar surface area (TPSA) is 67.8 Å². The number of aromatic nitrogens is 1. The molecule has 0 bridgehead atoms. The molecule has 0 radical (unpaired) electrons. The van der Waals surface area contributed by atoms with Gasteiger partial charge in [-0.3, -0.25) is 10.1 Å². The maximum Gasteiger partial charge on any atom is 0.281 e. The van der Waals surface area contributed by atoms with Crippen LogP contribution in [0.15, 0.2) is 60.0 Å². The van der Waals surface area contributed by atoms with Crippen LogP contribution in [0.5, 0.6) is 5.75 Å². The van der Waals surface area contributed by atoms with E-state index < -0.39 is 0 Å². The second-order valence-electron chi connectivity index (χ2n) is 5.95. The minimum atomic E-state index is -0.0524. The fourth-order valence-electron chi connectivity index (χ4n) is 2.57. The standard InChI is InChI=1S/C20H21N3O2S/c1-14(15-6-4-3-5-7-15)21-12-19(24)23-20-22-18(13-26-20)16-8-10-17(25-2)11-9-16/h3-11,13-14,21H,12H2,1-2H3,(H,22,23,24)/p+1/t14-/m0/s1. The molecule has 0 spiro atoms. The van der Waals surface area contributed by atoms with E-state index in [0.29, 0.717) is 11.7 Å². The van der Waals surface area contributed by atoms with Crippen molar-refractivity contribution in [2.75, 3.05) is 19.0 Å². The lowest BCUT2D eigenvalue weighted by Crippen LogP contribution is -2.86. The number of carbonyl (C=O) groups excluding carboxylic acids is 1. The fraction of sp³-hybridized carbons (Fsp3) is 0.200. The van der Waals surface area contributed by atoms with Crippen molar-refractivity contribution >= 4 is 22.4 Å². The molecule has 3 aromatic rings. The van der Waals surface area contributed by atoms with Crippen LogP contribution >= 0.6 is 11.3 Å². The Labute approximate surface area is 157 Å². The summed E-state index contributed by atoms with van der Waals surface area (Å²) >= 11 is 1.43. The zero-order valence-electron chi connectivity index (χ0n) is 14.8. The van der Waals surface area contributed by atoms with Crippen LogP contribution in [0.2, 0.25) is 0 Å². The van der Waals surface area contributed by atoms with Crippen LogP contribution in [0, 0.1) is 0 Å². The minimum Gasteiger partial charge on any atom is -0.497 e. The molecule has 3 N–H and O–H groups in total. The van der Waals surface area contributed by atoms with Gasteiger partial charge in [0, 0.05) is 16.5 Å². The van der Waals surface area contributed by atoms with Crippen molar-refractivity contribution in [1.82, 2.24) is 4.98 Å². The molecule has 1 amide bonds. The van der Waals surface area contributed by atoms with E-state index in [1.807, 2.05) is 53.2 Å². The van der Waals surface area contributed by atoms with E-state index in [4.69, 9.17) is 4.74 Å². The van der Waals surface area contributed by atoms with Gasteiger partial charge < -0.3 is 10.1 Å². The van der Waals surface area contributed by atoms with Crippen molar-refractivity contribution in [3.05, 3.63) is 65.5 Å². The van der Waals surface area contributed by atoms with Gasteiger partial charge in [0.15, 0.2) is 11.7 Å². The van der Waals surface area contributed by atoms with Crippen molar-refractivity contribution in [1.29, 1.82) is 0 Å². The van der Waals surface area contributed by atoms with Gasteiger partial charge in [-0.25, -0.2) is 4.98 Å². The lowest BCUT2D eigenvalue weighted by molar-refractivity contribution is -0.682. The molecule has 0 unspecified atom stereocenters. The third-order valence-corrected chi connectivity index (χ3v) is 4.88. The second-order valence-corrected chi connectivity index (χ2v) is 6.81. The van der Waals surface area contributed by atoms with Gasteiger partial charge in [-0.15, -0.1) is 11.3 Å². The first-order valence-electron chi connectivity index (χ1n) is 8.44. The first-order chi connectivity index (χ1) is 12.7. The molecular weight excluding hydrogens is 346 g/mol. The number of rotatable bonds is 7. The van der Waals surface area contributed by atoms with Crippen molar-refractivity contribution in [3.63, 3.8) is 0 Å². The molecule has 0 saturated heterocycles. The summed E-state index contributed by atoms with van der Waals surface area (Å²) in [4.78, 5) is 16.7. The van der Waals surface area contributed by atoms with Crippen LogP contribution in [0.25, 0.3) is 11.3 Å². The highest BCUT2D eigenvalue weighted by atomic mass is 32.1. The minimum absolute atomic E-state index is 0.0524. The molecule has 1 atom stereocenters. The molecular formula is C20H22N3O2S+. The van der Waals surface area contributed by atoms with E-state index in [2.05, 4.69) is 29.4 Å². The van der Waals surface area contributed by atoms with Crippen LogP contribution in [-0.2, 0) is 4.79 Å². The van der Waals surface area contributed by atoms with Gasteiger partial charge in [0.05, 0.1) is 12.8 Å². The normalized spacial score (nSPS) is 11.8. The Bertz CT molecular complexity index is 847. The predicted octanol–water partition coefficient (Wildman–Crippen LogP) is 3.08. The second kappa shape index (κ2) is 8.60. The highest BCUT2D eigenvalue weighted by molar-refractivity contribution is 7.14. The molecule has 0 aliphatic carbocycles. The average Bonchev–Trinajstić information content (AvgIpc) is 3.15. The van der Waals surface area contributed by atoms with Gasteiger partial charge in [-0.1, -0.05) is 30.3 Å². The van der Waals surface area contributed by atoms with Crippen molar-refractivity contribution in [3.8, 4) is 17.0 Å². The van der Waals surface area contributed by atoms with E-state index in [-0.39, 0.29) is 11.9 Å². The molecule has 134 valence electrons. The summed E-state index contributed by atoms with van der Waals surface area (Å²) in [5, 5.41) is 7.44. The number of amides is 1. The molecule has 3 rings (SSSR count). The summed E-state index contributed by atoms with van der Waals surface area (Å²) in [5.74, 6) is 0.754. The largest absolute Gasteiger partial charge is 0.497 e. The lowest BCUT2D eigenvalue weighted by Gasteiger charge is -2.10. The third-order valence-electron chi connectivity index (χ3n) is 4.12. The number of nitrogens with two attached hydrogens (primary N) is 1. The number of nitrogens with one attached hydrogen (secondary N) is 1. The highest BCUT2D eigenvalue weighted by Gasteiger charge is 2.13. The van der Waals surface area contributed by atoms with E-state index in [1.165, 1.54) is 16.9 Å². The van der Waals surface area contributed by atoms with Crippen LogP contribution in [0.4, 0.5) is 5.13 Å². The summed E-state index contributed by atoms with van der Waals surface area (Å²) in [6, 6.07) is 18.1. The molecule has 1 aromatic heterocycles. The van der Waals surface area contributed by atoms with Crippen molar-refractivity contribution < 1.29 is 14.8 Å². The van der Waals surface area contributed by atoms with Gasteiger partial charge in [0.2, 0.25) is 0 Å². The third kappa shape index (κ3) is 4.68. The first kappa shape index (κ1) is 18.1. The summed E-state index contributed by atoms with van der Waals surface area (Å²) in [5.41, 5.74) is 3.04. The molecule has 1 heterocycles. The Morgan fingerprint density at radius 3 is 2.62 bits per heavy atom. The Hall–Kier alpha value is -2.70. The molecule has 2 aromatic carbocycles. The summed E-state index contributed by atoms with van der Waals surface area (Å²) in [6.45, 7) is 2.45. The number of quaternary nitrogens is 1. The van der Waals surface area contributed by atoms with Gasteiger partial charge in [-0.05, 0) is 31.2 Å². The van der Waals surface area contributed by atoms with Crippen LogP contribution < -0.4 is 15.4 Å². The number of nitrogens with zero attached hydrogens (tertiary/aromatic N) is 1.